The number of terminal acetylenes is 1. The zero-order chi connectivity index (χ0) is 10.3. The molecule has 0 unspecified atom stereocenters. The second kappa shape index (κ2) is 6.05. The monoisotopic (exact) mass is 182 g/mol. The summed E-state index contributed by atoms with van der Waals surface area (Å²) in [4.78, 5) is 0. The average molecular weight is 182 g/mol. The van der Waals surface area contributed by atoms with Crippen molar-refractivity contribution in [2.75, 3.05) is 0 Å². The van der Waals surface area contributed by atoms with Gasteiger partial charge >= 0.3 is 0 Å². The van der Waals surface area contributed by atoms with Gasteiger partial charge in [-0.3, -0.25) is 0 Å². The molecule has 0 radical (unpaired) electrons. The minimum absolute atomic E-state index is 0.720. The summed E-state index contributed by atoms with van der Waals surface area (Å²) < 4.78 is 0. The highest BCUT2D eigenvalue weighted by molar-refractivity contribution is 5.03. The lowest BCUT2D eigenvalue weighted by atomic mass is 9.94. The van der Waals surface area contributed by atoms with Crippen LogP contribution in [0.5, 0.6) is 0 Å². The second-order valence-corrected chi connectivity index (χ2v) is 4.20. The molecule has 0 aliphatic carbocycles. The minimum atomic E-state index is -0.897. The smallest absolute Gasteiger partial charge is 0.122 e. The molecule has 2 atom stereocenters. The summed E-state index contributed by atoms with van der Waals surface area (Å²) >= 11 is 0. The number of hydrogen-bond acceptors (Lipinski definition) is 1. The Labute approximate surface area is 82.5 Å². The summed E-state index contributed by atoms with van der Waals surface area (Å²) in [6, 6.07) is 0. The lowest BCUT2D eigenvalue weighted by Crippen LogP contribution is -2.20. The van der Waals surface area contributed by atoms with Gasteiger partial charge in [0.1, 0.15) is 5.60 Å². The van der Waals surface area contributed by atoms with Gasteiger partial charge in [-0.15, -0.1) is 6.42 Å². The Morgan fingerprint density at radius 3 is 2.54 bits per heavy atom. The van der Waals surface area contributed by atoms with Crippen LogP contribution < -0.4 is 0 Å². The van der Waals surface area contributed by atoms with Crippen LogP contribution in [0.3, 0.4) is 0 Å². The van der Waals surface area contributed by atoms with E-state index in [1.165, 1.54) is 19.3 Å². The molecule has 0 aliphatic rings. The molecule has 0 bridgehead atoms. The molecule has 0 saturated heterocycles. The zero-order valence-electron chi connectivity index (χ0n) is 9.14. The quantitative estimate of drug-likeness (QED) is 0.626. The number of hydrogen-bond donors (Lipinski definition) is 1. The van der Waals surface area contributed by atoms with E-state index in [4.69, 9.17) is 6.42 Å². The van der Waals surface area contributed by atoms with E-state index in [1.54, 1.807) is 6.92 Å². The Morgan fingerprint density at radius 2 is 2.08 bits per heavy atom. The van der Waals surface area contributed by atoms with Crippen molar-refractivity contribution in [3.63, 3.8) is 0 Å². The highest BCUT2D eigenvalue weighted by Gasteiger charge is 2.15. The third-order valence-corrected chi connectivity index (χ3v) is 2.45. The van der Waals surface area contributed by atoms with Gasteiger partial charge in [0.25, 0.3) is 0 Å². The molecule has 0 aromatic carbocycles. The van der Waals surface area contributed by atoms with Crippen LogP contribution in [-0.2, 0) is 0 Å². The lowest BCUT2D eigenvalue weighted by Gasteiger charge is -2.17. The predicted molar refractivity (Wildman–Crippen MR) is 57.4 cm³/mol. The standard InChI is InChI=1S/C12H22O/c1-5-8-11(3)9-7-10-12(4,13)6-2/h2,11,13H,5,7-10H2,1,3-4H3/t11-,12+/m1/s1. The topological polar surface area (TPSA) is 20.2 Å². The van der Waals surface area contributed by atoms with Gasteiger partial charge in [0.15, 0.2) is 0 Å². The van der Waals surface area contributed by atoms with E-state index in [-0.39, 0.29) is 0 Å². The molecule has 1 nitrogen and oxygen atoms in total. The molecule has 0 heterocycles. The summed E-state index contributed by atoms with van der Waals surface area (Å²) in [5.41, 5.74) is -0.897. The highest BCUT2D eigenvalue weighted by atomic mass is 16.3. The first-order valence-electron chi connectivity index (χ1n) is 5.22. The third-order valence-electron chi connectivity index (χ3n) is 2.45. The fourth-order valence-corrected chi connectivity index (χ4v) is 1.50. The summed E-state index contributed by atoms with van der Waals surface area (Å²) in [5, 5.41) is 9.53. The molecule has 0 aromatic rings. The van der Waals surface area contributed by atoms with Crippen LogP contribution in [0.4, 0.5) is 0 Å². The Morgan fingerprint density at radius 1 is 1.46 bits per heavy atom. The average Bonchev–Trinajstić information content (AvgIpc) is 2.05. The van der Waals surface area contributed by atoms with Crippen LogP contribution in [0.25, 0.3) is 0 Å². The molecule has 0 aromatic heterocycles. The van der Waals surface area contributed by atoms with E-state index < -0.39 is 5.60 Å². The van der Waals surface area contributed by atoms with Gasteiger partial charge in [0.2, 0.25) is 0 Å². The molecule has 13 heavy (non-hydrogen) atoms. The Bertz CT molecular complexity index is 164. The Hall–Kier alpha value is -0.480. The van der Waals surface area contributed by atoms with Crippen LogP contribution in [0.1, 0.15) is 52.9 Å². The Kier molecular flexibility index (Phi) is 5.82. The molecule has 0 saturated carbocycles. The first-order valence-corrected chi connectivity index (χ1v) is 5.22. The summed E-state index contributed by atoms with van der Waals surface area (Å²) in [5.74, 6) is 3.17. The normalized spacial score (nSPS) is 17.5. The van der Waals surface area contributed by atoms with Gasteiger partial charge in [-0.05, 0) is 25.7 Å². The van der Waals surface area contributed by atoms with Crippen LogP contribution >= 0.6 is 0 Å². The maximum atomic E-state index is 9.53. The first kappa shape index (κ1) is 12.5. The maximum absolute atomic E-state index is 9.53. The van der Waals surface area contributed by atoms with Crippen molar-refractivity contribution in [1.29, 1.82) is 0 Å². The van der Waals surface area contributed by atoms with Crippen molar-refractivity contribution in [3.05, 3.63) is 0 Å². The van der Waals surface area contributed by atoms with Crippen molar-refractivity contribution in [3.8, 4) is 12.3 Å². The van der Waals surface area contributed by atoms with E-state index >= 15 is 0 Å². The fourth-order valence-electron chi connectivity index (χ4n) is 1.50. The maximum Gasteiger partial charge on any atom is 0.122 e. The zero-order valence-corrected chi connectivity index (χ0v) is 9.14. The molecule has 0 rings (SSSR count). The molecule has 0 fully saturated rings. The molecule has 1 N–H and O–H groups in total. The molecule has 76 valence electrons. The number of aliphatic hydroxyl groups is 1. The van der Waals surface area contributed by atoms with Gasteiger partial charge in [-0.25, -0.2) is 0 Å². The van der Waals surface area contributed by atoms with Crippen molar-refractivity contribution < 1.29 is 5.11 Å². The van der Waals surface area contributed by atoms with Gasteiger partial charge in [0.05, 0.1) is 0 Å². The van der Waals surface area contributed by atoms with E-state index in [0.717, 1.165) is 18.8 Å². The van der Waals surface area contributed by atoms with Crippen molar-refractivity contribution in [2.24, 2.45) is 5.92 Å². The molecule has 0 aliphatic heterocycles. The van der Waals surface area contributed by atoms with E-state index in [9.17, 15) is 5.11 Å². The SMILES string of the molecule is C#C[C@](C)(O)CCC[C@H](C)CCC. The number of rotatable bonds is 6. The van der Waals surface area contributed by atoms with Gasteiger partial charge < -0.3 is 5.11 Å². The highest BCUT2D eigenvalue weighted by Crippen LogP contribution is 2.18. The van der Waals surface area contributed by atoms with Crippen LogP contribution in [0.2, 0.25) is 0 Å². The van der Waals surface area contributed by atoms with Crippen LogP contribution in [0, 0.1) is 18.3 Å². The first-order chi connectivity index (χ1) is 6.02. The van der Waals surface area contributed by atoms with Crippen molar-refractivity contribution in [1.82, 2.24) is 0 Å². The largest absolute Gasteiger partial charge is 0.378 e. The summed E-state index contributed by atoms with van der Waals surface area (Å²) in [7, 11) is 0. The summed E-state index contributed by atoms with van der Waals surface area (Å²) in [6.07, 6.45) is 10.6. The molecular weight excluding hydrogens is 160 g/mol. The van der Waals surface area contributed by atoms with E-state index in [0.29, 0.717) is 0 Å². The molecule has 0 amide bonds. The van der Waals surface area contributed by atoms with Crippen LogP contribution in [0.15, 0.2) is 0 Å². The molecule has 0 spiro atoms. The summed E-state index contributed by atoms with van der Waals surface area (Å²) in [6.45, 7) is 6.17. The minimum Gasteiger partial charge on any atom is -0.378 e. The fraction of sp³-hybridized carbons (Fsp3) is 0.833. The molecule has 1 heteroatoms. The van der Waals surface area contributed by atoms with Gasteiger partial charge in [-0.2, -0.15) is 0 Å². The van der Waals surface area contributed by atoms with Crippen molar-refractivity contribution >= 4 is 0 Å². The third kappa shape index (κ3) is 6.66. The van der Waals surface area contributed by atoms with Crippen LogP contribution in [-0.4, -0.2) is 10.7 Å². The van der Waals surface area contributed by atoms with E-state index in [2.05, 4.69) is 19.8 Å². The van der Waals surface area contributed by atoms with Gasteiger partial charge in [0, 0.05) is 0 Å². The predicted octanol–water partition coefficient (Wildman–Crippen LogP) is 2.98. The van der Waals surface area contributed by atoms with E-state index in [1.807, 2.05) is 0 Å². The van der Waals surface area contributed by atoms with Gasteiger partial charge in [-0.1, -0.05) is 39.0 Å². The molecular formula is C12H22O. The second-order valence-electron chi connectivity index (χ2n) is 4.20. The Balaban J connectivity index is 3.51. The van der Waals surface area contributed by atoms with Crippen molar-refractivity contribution in [2.45, 2.75) is 58.5 Å². The lowest BCUT2D eigenvalue weighted by molar-refractivity contribution is 0.107.